The van der Waals surface area contributed by atoms with Gasteiger partial charge in [0.1, 0.15) is 0 Å². The van der Waals surface area contributed by atoms with Crippen molar-refractivity contribution in [1.82, 2.24) is 4.90 Å². The van der Waals surface area contributed by atoms with Crippen molar-refractivity contribution in [2.24, 2.45) is 0 Å². The van der Waals surface area contributed by atoms with Crippen LogP contribution in [0, 0.1) is 0 Å². The predicted molar refractivity (Wildman–Crippen MR) is 76.7 cm³/mol. The molecule has 0 fully saturated rings. The van der Waals surface area contributed by atoms with Gasteiger partial charge < -0.3 is 10.2 Å². The molecule has 0 bridgehead atoms. The molecule has 0 aliphatic rings. The molecule has 0 aliphatic carbocycles. The molecule has 0 radical (unpaired) electrons. The minimum Gasteiger partial charge on any atom is -0.345 e. The molecule has 1 aromatic heterocycles. The van der Waals surface area contributed by atoms with Crippen LogP contribution in [0.5, 0.6) is 0 Å². The number of nitrogens with zero attached hydrogens (tertiary/aromatic N) is 1. The van der Waals surface area contributed by atoms with Crippen molar-refractivity contribution >= 4 is 28.8 Å². The molecule has 1 heterocycles. The summed E-state index contributed by atoms with van der Waals surface area (Å²) in [7, 11) is 3.36. The van der Waals surface area contributed by atoms with Gasteiger partial charge in [-0.2, -0.15) is 0 Å². The van der Waals surface area contributed by atoms with Crippen molar-refractivity contribution in [3.63, 3.8) is 0 Å². The van der Waals surface area contributed by atoms with Crippen LogP contribution in [0.1, 0.15) is 20.0 Å². The molecule has 19 heavy (non-hydrogen) atoms. The van der Waals surface area contributed by atoms with Crippen molar-refractivity contribution in [2.45, 2.75) is 0 Å². The number of thiophene rings is 1. The van der Waals surface area contributed by atoms with Crippen LogP contribution in [0.3, 0.4) is 0 Å². The molecule has 4 nitrogen and oxygen atoms in total. The van der Waals surface area contributed by atoms with Crippen LogP contribution >= 0.6 is 11.3 Å². The van der Waals surface area contributed by atoms with E-state index >= 15 is 0 Å². The first-order valence-corrected chi connectivity index (χ1v) is 6.63. The Labute approximate surface area is 115 Å². The van der Waals surface area contributed by atoms with Crippen molar-refractivity contribution in [2.75, 3.05) is 19.4 Å². The number of carbonyl (C=O) groups excluding carboxylic acids is 2. The van der Waals surface area contributed by atoms with E-state index in [1.54, 1.807) is 44.4 Å². The Morgan fingerprint density at radius 2 is 1.84 bits per heavy atom. The minimum absolute atomic E-state index is 0.137. The first-order valence-electron chi connectivity index (χ1n) is 5.75. The molecule has 2 amide bonds. The van der Waals surface area contributed by atoms with Gasteiger partial charge in [0.15, 0.2) is 0 Å². The number of amides is 2. The van der Waals surface area contributed by atoms with Crippen LogP contribution in [-0.2, 0) is 0 Å². The predicted octanol–water partition coefficient (Wildman–Crippen LogP) is 2.70. The highest BCUT2D eigenvalue weighted by Gasteiger charge is 2.15. The maximum absolute atomic E-state index is 12.0. The van der Waals surface area contributed by atoms with Crippen LogP contribution in [0.2, 0.25) is 0 Å². The molecule has 0 aliphatic heterocycles. The summed E-state index contributed by atoms with van der Waals surface area (Å²) in [6.45, 7) is 0. The third-order valence-corrected chi connectivity index (χ3v) is 3.43. The monoisotopic (exact) mass is 274 g/mol. The smallest absolute Gasteiger partial charge is 0.265 e. The molecule has 1 aromatic carbocycles. The van der Waals surface area contributed by atoms with E-state index in [1.807, 2.05) is 11.4 Å². The number of rotatable bonds is 3. The third kappa shape index (κ3) is 3.00. The Bertz CT molecular complexity index is 591. The highest BCUT2D eigenvalue weighted by atomic mass is 32.1. The first kappa shape index (κ1) is 13.3. The Morgan fingerprint density at radius 1 is 1.11 bits per heavy atom. The molecule has 0 spiro atoms. The number of hydrogen-bond donors (Lipinski definition) is 1. The van der Waals surface area contributed by atoms with E-state index < -0.39 is 0 Å². The van der Waals surface area contributed by atoms with E-state index in [0.717, 1.165) is 0 Å². The molecule has 2 aromatic rings. The number of anilines is 1. The Kier molecular flexibility index (Phi) is 3.97. The second-order valence-electron chi connectivity index (χ2n) is 4.18. The number of nitrogens with one attached hydrogen (secondary N) is 1. The van der Waals surface area contributed by atoms with E-state index in [-0.39, 0.29) is 11.8 Å². The summed E-state index contributed by atoms with van der Waals surface area (Å²) in [5.74, 6) is -0.337. The number of benzene rings is 1. The molecular weight excluding hydrogens is 260 g/mol. The van der Waals surface area contributed by atoms with Gasteiger partial charge in [-0.25, -0.2) is 0 Å². The van der Waals surface area contributed by atoms with E-state index in [2.05, 4.69) is 5.32 Å². The lowest BCUT2D eigenvalue weighted by Crippen LogP contribution is -2.23. The van der Waals surface area contributed by atoms with Crippen LogP contribution < -0.4 is 5.32 Å². The average molecular weight is 274 g/mol. The summed E-state index contributed by atoms with van der Waals surface area (Å²) >= 11 is 1.36. The van der Waals surface area contributed by atoms with Crippen molar-refractivity contribution < 1.29 is 9.59 Å². The molecular formula is C14H14N2O2S. The number of para-hydroxylation sites is 1. The van der Waals surface area contributed by atoms with Crippen molar-refractivity contribution in [1.29, 1.82) is 0 Å². The van der Waals surface area contributed by atoms with Gasteiger partial charge >= 0.3 is 0 Å². The maximum atomic E-state index is 12.0. The topological polar surface area (TPSA) is 49.4 Å². The molecule has 0 saturated carbocycles. The van der Waals surface area contributed by atoms with E-state index in [1.165, 1.54) is 16.2 Å². The zero-order valence-corrected chi connectivity index (χ0v) is 11.5. The lowest BCUT2D eigenvalue weighted by atomic mass is 10.1. The summed E-state index contributed by atoms with van der Waals surface area (Å²) in [5, 5.41) is 4.61. The molecule has 0 saturated heterocycles. The van der Waals surface area contributed by atoms with E-state index in [9.17, 15) is 9.59 Å². The second kappa shape index (κ2) is 5.67. The SMILES string of the molecule is CN(C)C(=O)c1ccccc1NC(=O)c1cccs1. The summed E-state index contributed by atoms with van der Waals surface area (Å²) < 4.78 is 0. The second-order valence-corrected chi connectivity index (χ2v) is 5.12. The molecule has 0 atom stereocenters. The van der Waals surface area contributed by atoms with E-state index in [0.29, 0.717) is 16.1 Å². The zero-order chi connectivity index (χ0) is 13.8. The van der Waals surface area contributed by atoms with Crippen molar-refractivity contribution in [3.8, 4) is 0 Å². The van der Waals surface area contributed by atoms with Crippen LogP contribution in [0.15, 0.2) is 41.8 Å². The normalized spacial score (nSPS) is 10.0. The van der Waals surface area contributed by atoms with Gasteiger partial charge in [-0.15, -0.1) is 11.3 Å². The average Bonchev–Trinajstić information content (AvgIpc) is 2.92. The summed E-state index contributed by atoms with van der Waals surface area (Å²) in [6, 6.07) is 10.6. The molecule has 5 heteroatoms. The maximum Gasteiger partial charge on any atom is 0.265 e. The number of carbonyl (C=O) groups is 2. The van der Waals surface area contributed by atoms with E-state index in [4.69, 9.17) is 0 Å². The van der Waals surface area contributed by atoms with Crippen LogP contribution in [0.25, 0.3) is 0 Å². The first-order chi connectivity index (χ1) is 9.09. The largest absolute Gasteiger partial charge is 0.345 e. The quantitative estimate of drug-likeness (QED) is 0.935. The summed E-state index contributed by atoms with van der Waals surface area (Å²) in [5.41, 5.74) is 1.01. The van der Waals surface area contributed by atoms with Gasteiger partial charge in [0.25, 0.3) is 11.8 Å². The molecule has 0 unspecified atom stereocenters. The van der Waals surface area contributed by atoms with Gasteiger partial charge in [-0.05, 0) is 23.6 Å². The van der Waals surface area contributed by atoms with Crippen LogP contribution in [-0.4, -0.2) is 30.8 Å². The third-order valence-electron chi connectivity index (χ3n) is 2.56. The van der Waals surface area contributed by atoms with Gasteiger partial charge in [0.2, 0.25) is 0 Å². The fourth-order valence-electron chi connectivity index (χ4n) is 1.61. The Balaban J connectivity index is 2.26. The Morgan fingerprint density at radius 3 is 2.47 bits per heavy atom. The lowest BCUT2D eigenvalue weighted by Gasteiger charge is -2.14. The highest BCUT2D eigenvalue weighted by molar-refractivity contribution is 7.12. The fraction of sp³-hybridized carbons (Fsp3) is 0.143. The highest BCUT2D eigenvalue weighted by Crippen LogP contribution is 2.18. The molecule has 98 valence electrons. The van der Waals surface area contributed by atoms with Gasteiger partial charge in [0.05, 0.1) is 16.1 Å². The van der Waals surface area contributed by atoms with Gasteiger partial charge in [-0.1, -0.05) is 18.2 Å². The van der Waals surface area contributed by atoms with Gasteiger partial charge in [0, 0.05) is 14.1 Å². The van der Waals surface area contributed by atoms with Gasteiger partial charge in [-0.3, -0.25) is 9.59 Å². The standard InChI is InChI=1S/C14H14N2O2S/c1-16(2)14(18)10-6-3-4-7-11(10)15-13(17)12-8-5-9-19-12/h3-9H,1-2H3,(H,15,17). The zero-order valence-electron chi connectivity index (χ0n) is 10.7. The lowest BCUT2D eigenvalue weighted by molar-refractivity contribution is 0.0828. The number of hydrogen-bond acceptors (Lipinski definition) is 3. The summed E-state index contributed by atoms with van der Waals surface area (Å²) in [4.78, 5) is 26.1. The summed E-state index contributed by atoms with van der Waals surface area (Å²) in [6.07, 6.45) is 0. The molecule has 2 rings (SSSR count). The van der Waals surface area contributed by atoms with Crippen LogP contribution in [0.4, 0.5) is 5.69 Å². The van der Waals surface area contributed by atoms with Crippen molar-refractivity contribution in [3.05, 3.63) is 52.2 Å². The molecule has 1 N–H and O–H groups in total. The Hall–Kier alpha value is -2.14. The fourth-order valence-corrected chi connectivity index (χ4v) is 2.23. The minimum atomic E-state index is -0.200.